The molecular weight excluding hydrogens is 122 g/mol. The van der Waals surface area contributed by atoms with E-state index in [0.29, 0.717) is 6.42 Å². The van der Waals surface area contributed by atoms with Crippen molar-refractivity contribution in [2.24, 2.45) is 0 Å². The lowest BCUT2D eigenvalue weighted by Crippen LogP contribution is -2.30. The van der Waals surface area contributed by atoms with Crippen molar-refractivity contribution >= 4 is 11.8 Å². The van der Waals surface area contributed by atoms with Crippen molar-refractivity contribution in [3.63, 3.8) is 0 Å². The van der Waals surface area contributed by atoms with Gasteiger partial charge in [0.1, 0.15) is 0 Å². The van der Waals surface area contributed by atoms with Gasteiger partial charge in [-0.15, -0.1) is 0 Å². The lowest BCUT2D eigenvalue weighted by Gasteiger charge is -2.04. The summed E-state index contributed by atoms with van der Waals surface area (Å²) in [5.74, 6) is -0.465. The molecule has 2 rings (SSSR count). The number of Topliss-reactive ketones (excluding diaryl/α,β-unsaturated/α-hetero) is 1. The second-order valence-electron chi connectivity index (χ2n) is 2.20. The number of nitrogens with one attached hydrogen (secondary N) is 1. The number of hydrogen-bond donors (Lipinski definition) is 1. The second kappa shape index (κ2) is 1.33. The molecule has 2 fully saturated rings. The lowest BCUT2D eigenvalue weighted by molar-refractivity contribution is -0.149. The van der Waals surface area contributed by atoms with Crippen molar-refractivity contribution in [1.82, 2.24) is 5.32 Å². The Balaban J connectivity index is 2.31. The van der Waals surface area contributed by atoms with Gasteiger partial charge in [-0.3, -0.25) is 10.1 Å². The Kier molecular flexibility index (Phi) is 0.728. The van der Waals surface area contributed by atoms with Gasteiger partial charge >= 0.3 is 5.97 Å². The standard InChI is InChI=1S/C5H5NO3/c7-2-1-3-6-4(2)5(8)9-3/h3-4,6H,1H2/t3?,4-/m0/s1. The average Bonchev–Trinajstić information content (AvgIpc) is 2.22. The Morgan fingerprint density at radius 2 is 2.33 bits per heavy atom. The van der Waals surface area contributed by atoms with Crippen LogP contribution in [0.3, 0.4) is 0 Å². The summed E-state index contributed by atoms with van der Waals surface area (Å²) >= 11 is 0. The topological polar surface area (TPSA) is 55.4 Å². The zero-order valence-electron chi connectivity index (χ0n) is 4.59. The summed E-state index contributed by atoms with van der Waals surface area (Å²) in [4.78, 5) is 21.2. The quantitative estimate of drug-likeness (QED) is 0.328. The van der Waals surface area contributed by atoms with Gasteiger partial charge in [0.25, 0.3) is 0 Å². The van der Waals surface area contributed by atoms with Crippen LogP contribution in [0.2, 0.25) is 0 Å². The van der Waals surface area contributed by atoms with Gasteiger partial charge in [-0.05, 0) is 0 Å². The van der Waals surface area contributed by atoms with E-state index >= 15 is 0 Å². The van der Waals surface area contributed by atoms with Gasteiger partial charge in [-0.1, -0.05) is 0 Å². The molecule has 2 aliphatic rings. The predicted octanol–water partition coefficient (Wildman–Crippen LogP) is -1.20. The van der Waals surface area contributed by atoms with Crippen molar-refractivity contribution in [2.45, 2.75) is 18.7 Å². The molecule has 0 aliphatic carbocycles. The first-order chi connectivity index (χ1) is 4.27. The zero-order chi connectivity index (χ0) is 6.43. The number of fused-ring (bicyclic) bond motifs is 2. The smallest absolute Gasteiger partial charge is 0.332 e. The largest absolute Gasteiger partial charge is 0.445 e. The van der Waals surface area contributed by atoms with E-state index in [1.54, 1.807) is 0 Å². The average molecular weight is 127 g/mol. The Morgan fingerprint density at radius 1 is 1.56 bits per heavy atom. The first-order valence-electron chi connectivity index (χ1n) is 2.76. The predicted molar refractivity (Wildman–Crippen MR) is 26.4 cm³/mol. The molecule has 9 heavy (non-hydrogen) atoms. The first-order valence-corrected chi connectivity index (χ1v) is 2.76. The summed E-state index contributed by atoms with van der Waals surface area (Å²) < 4.78 is 4.66. The van der Waals surface area contributed by atoms with Crippen molar-refractivity contribution in [3.8, 4) is 0 Å². The Morgan fingerprint density at radius 3 is 2.67 bits per heavy atom. The SMILES string of the molecule is O=C1CC2N[C@@H]1C(=O)O2. The minimum Gasteiger partial charge on any atom is -0.445 e. The molecule has 2 atom stereocenters. The molecule has 1 unspecified atom stereocenters. The number of ketones is 1. The molecule has 2 aliphatic heterocycles. The summed E-state index contributed by atoms with van der Waals surface area (Å²) in [5.41, 5.74) is 0. The summed E-state index contributed by atoms with van der Waals surface area (Å²) in [6.45, 7) is 0. The number of ether oxygens (including phenoxy) is 1. The molecule has 4 nitrogen and oxygen atoms in total. The molecule has 0 aromatic heterocycles. The number of carbonyl (C=O) groups excluding carboxylic acids is 2. The highest BCUT2D eigenvalue weighted by Gasteiger charge is 2.46. The highest BCUT2D eigenvalue weighted by molar-refractivity contribution is 6.07. The number of hydrogen-bond acceptors (Lipinski definition) is 4. The molecule has 2 heterocycles. The van der Waals surface area contributed by atoms with Crippen molar-refractivity contribution in [3.05, 3.63) is 0 Å². The third-order valence-corrected chi connectivity index (χ3v) is 1.56. The van der Waals surface area contributed by atoms with E-state index in [-0.39, 0.29) is 12.0 Å². The fraction of sp³-hybridized carbons (Fsp3) is 0.600. The van der Waals surface area contributed by atoms with Gasteiger partial charge in [0.2, 0.25) is 0 Å². The van der Waals surface area contributed by atoms with Crippen molar-refractivity contribution in [1.29, 1.82) is 0 Å². The zero-order valence-corrected chi connectivity index (χ0v) is 4.59. The van der Waals surface area contributed by atoms with Crippen LogP contribution in [-0.2, 0) is 14.3 Å². The van der Waals surface area contributed by atoms with Gasteiger partial charge in [0.05, 0.1) is 6.42 Å². The second-order valence-corrected chi connectivity index (χ2v) is 2.20. The van der Waals surface area contributed by atoms with Crippen LogP contribution in [0.25, 0.3) is 0 Å². The minimum absolute atomic E-state index is 0.0451. The van der Waals surface area contributed by atoms with Crippen LogP contribution in [0.5, 0.6) is 0 Å². The molecule has 2 saturated heterocycles. The van der Waals surface area contributed by atoms with E-state index in [4.69, 9.17) is 0 Å². The highest BCUT2D eigenvalue weighted by atomic mass is 16.6. The molecule has 0 aromatic rings. The van der Waals surface area contributed by atoms with Gasteiger partial charge in [-0.2, -0.15) is 0 Å². The fourth-order valence-electron chi connectivity index (χ4n) is 1.12. The lowest BCUT2D eigenvalue weighted by atomic mass is 10.2. The van der Waals surface area contributed by atoms with E-state index in [2.05, 4.69) is 10.1 Å². The van der Waals surface area contributed by atoms with Crippen LogP contribution in [0, 0.1) is 0 Å². The Bertz CT molecular complexity index is 171. The third-order valence-electron chi connectivity index (χ3n) is 1.56. The summed E-state index contributed by atoms with van der Waals surface area (Å²) in [6, 6.07) is -0.644. The number of carbonyl (C=O) groups is 2. The number of esters is 1. The molecule has 2 bridgehead atoms. The summed E-state index contributed by atoms with van der Waals surface area (Å²) in [5, 5.41) is 2.71. The molecule has 1 N–H and O–H groups in total. The van der Waals surface area contributed by atoms with Gasteiger partial charge in [0, 0.05) is 0 Å². The summed E-state index contributed by atoms with van der Waals surface area (Å²) in [6.07, 6.45) is 0.0196. The van der Waals surface area contributed by atoms with Crippen LogP contribution in [0.15, 0.2) is 0 Å². The molecule has 48 valence electrons. The molecule has 0 radical (unpaired) electrons. The molecule has 0 amide bonds. The van der Waals surface area contributed by atoms with Crippen LogP contribution in [0.4, 0.5) is 0 Å². The van der Waals surface area contributed by atoms with Crippen LogP contribution in [0.1, 0.15) is 6.42 Å². The molecule has 4 heteroatoms. The van der Waals surface area contributed by atoms with Crippen molar-refractivity contribution in [2.75, 3.05) is 0 Å². The van der Waals surface area contributed by atoms with E-state index in [9.17, 15) is 9.59 Å². The van der Waals surface area contributed by atoms with Crippen molar-refractivity contribution < 1.29 is 14.3 Å². The molecule has 0 spiro atoms. The monoisotopic (exact) mass is 127 g/mol. The van der Waals surface area contributed by atoms with E-state index in [1.807, 2.05) is 0 Å². The maximum Gasteiger partial charge on any atom is 0.332 e. The Labute approximate surface area is 51.2 Å². The molecule has 0 saturated carbocycles. The maximum absolute atomic E-state index is 10.7. The van der Waals surface area contributed by atoms with E-state index < -0.39 is 12.0 Å². The van der Waals surface area contributed by atoms with Gasteiger partial charge in [0.15, 0.2) is 18.1 Å². The highest BCUT2D eigenvalue weighted by Crippen LogP contribution is 2.18. The summed E-state index contributed by atoms with van der Waals surface area (Å²) in [7, 11) is 0. The van der Waals surface area contributed by atoms with E-state index in [1.165, 1.54) is 0 Å². The third kappa shape index (κ3) is 0.506. The van der Waals surface area contributed by atoms with E-state index in [0.717, 1.165) is 0 Å². The Hall–Kier alpha value is -0.900. The van der Waals surface area contributed by atoms with Crippen LogP contribution < -0.4 is 5.32 Å². The first kappa shape index (κ1) is 4.93. The minimum atomic E-state index is -0.644. The maximum atomic E-state index is 10.7. The number of rotatable bonds is 0. The molecular formula is C5H5NO3. The van der Waals surface area contributed by atoms with Gasteiger partial charge < -0.3 is 4.74 Å². The molecule has 0 aromatic carbocycles. The van der Waals surface area contributed by atoms with Crippen LogP contribution >= 0.6 is 0 Å². The normalized spacial score (nSPS) is 39.6. The van der Waals surface area contributed by atoms with Crippen LogP contribution in [-0.4, -0.2) is 24.0 Å². The fourth-order valence-corrected chi connectivity index (χ4v) is 1.12. The van der Waals surface area contributed by atoms with Gasteiger partial charge in [-0.25, -0.2) is 4.79 Å².